The van der Waals surface area contributed by atoms with Crippen LogP contribution in [0.15, 0.2) is 23.3 Å². The van der Waals surface area contributed by atoms with Crippen LogP contribution in [0.3, 0.4) is 0 Å². The maximum absolute atomic E-state index is 14.7. The molecule has 4 aliphatic heterocycles. The Balaban J connectivity index is 0.000000662. The number of cyclic esters (lactones) is 2. The van der Waals surface area contributed by atoms with E-state index in [4.69, 9.17) is 60.6 Å². The molecule has 3 N–H and O–H groups in total. The zero-order chi connectivity index (χ0) is 82.3. The van der Waals surface area contributed by atoms with Gasteiger partial charge in [-0.05, 0) is 185 Å². The quantitative estimate of drug-likeness (QED) is 0.0579. The number of hydrogen-bond acceptors (Lipinski definition) is 25. The van der Waals surface area contributed by atoms with E-state index in [2.05, 4.69) is 58.3 Å². The Labute approximate surface area is 638 Å². The molecule has 2 unspecified atom stereocenters. The summed E-state index contributed by atoms with van der Waals surface area (Å²) in [4.78, 5) is 91.6. The number of nitrogens with zero attached hydrogens (tertiary/aromatic N) is 1. The molecular weight excluding hydrogens is 1450 g/mol. The standard InChI is InChI=1S/C40H76O11Si3.C32H55NO11.C2BF3OS/c1-20-32-39(8,51-54(17,18)19)23-31(24-45-30(7)41)33(42)26(3)22-40(9,44-10)36(28(5)35(50-53(14,15)16)29(6)37(43)47-32)48-38-34(49-52(11,12)13)25(2)21-27(4)46-38;1-12-24-31(7,39)15-22(16-41-21(6)34)25(35)17(2)14-32(8,40-11)28(19(4)26(36)20(5)29(38)43-24)44-30-27(37)23(33(9)10)13-18(3)42-30;4-2(5,6)1(7)3-8/h23,25-29,32,34-36,38H,20-22,24H2,1-19H3;15,17-20,23-24,26-28,30,36-37,39H,12-14,16H2,1-11H3;/t25-,26+,27+,28-,29+,32+,34+,35-,36+,38?,39-,40-;17-,18-,19+,20-,23+,24-,26+,27-,28-,30?,31+,32+;/m01./s1. The van der Waals surface area contributed by atoms with Crippen LogP contribution in [0.4, 0.5) is 13.2 Å². The summed E-state index contributed by atoms with van der Waals surface area (Å²) in [5.74, 6) is -7.12. The molecule has 0 bridgehead atoms. The summed E-state index contributed by atoms with van der Waals surface area (Å²) in [7, 11) is 0.159. The fraction of sp³-hybridized carbons (Fsp3) is 0.851. The van der Waals surface area contributed by atoms with Crippen molar-refractivity contribution >= 4 is 84.3 Å². The third kappa shape index (κ3) is 29.3. The van der Waals surface area contributed by atoms with Crippen molar-refractivity contribution in [2.24, 2.45) is 41.4 Å². The van der Waals surface area contributed by atoms with Crippen molar-refractivity contribution in [3.05, 3.63) is 23.3 Å². The molecule has 106 heavy (non-hydrogen) atoms. The van der Waals surface area contributed by atoms with Crippen molar-refractivity contribution in [2.45, 2.75) is 323 Å². The molecule has 24 nitrogen and oxygen atoms in total. The summed E-state index contributed by atoms with van der Waals surface area (Å²) in [6.07, 6.45) is -8.36. The van der Waals surface area contributed by atoms with Crippen LogP contribution < -0.4 is 0 Å². The van der Waals surface area contributed by atoms with Crippen LogP contribution in [0.1, 0.15) is 156 Å². The molecule has 0 aromatic heterocycles. The molecule has 0 radical (unpaired) electrons. The fourth-order valence-corrected chi connectivity index (χ4v) is 18.6. The SMILES string of the molecule is CC[C@H]1OC(=O)[C@H](C)[C@@H](O)[C@H](C)[C@@H](OC2O[C@H](C)C[C@H](N(C)C)[C@H]2O)[C@@](C)(OC)C[C@@H](C)C(=O)C(COC(C)=O)=C[C@]1(C)O.CC[C@H]1OC(=O)[C@H](C)[C@@H](O[Si](C)(C)C)[C@H](C)[C@@H](OC2O[C@H](C)C[C@H](C)[C@H]2O[Si](C)(C)C)[C@@](C)(OC)C[C@@H](C)C(=O)C(COC(C)=O)=C[C@]1(C)O[Si](C)(C)C.O=C(B=S)C(F)(F)F. The molecule has 4 heterocycles. The first-order valence-corrected chi connectivity index (χ1v) is 47.7. The number of halogens is 3. The van der Waals surface area contributed by atoms with Crippen LogP contribution in [0.2, 0.25) is 58.9 Å². The second kappa shape index (κ2) is 40.9. The van der Waals surface area contributed by atoms with E-state index in [1.54, 1.807) is 40.9 Å². The second-order valence-electron chi connectivity index (χ2n) is 33.5. The fourth-order valence-electron chi connectivity index (χ4n) is 14.5. The van der Waals surface area contributed by atoms with Gasteiger partial charge in [-0.1, -0.05) is 48.5 Å². The zero-order valence-corrected chi connectivity index (χ0v) is 72.7. The van der Waals surface area contributed by atoms with Crippen LogP contribution in [0.5, 0.6) is 0 Å². The first kappa shape index (κ1) is 98.7. The number of Topliss-reactive ketones (excluding diaryl/α,β-unsaturated/α-hetero) is 2. The van der Waals surface area contributed by atoms with Gasteiger partial charge in [0.15, 0.2) is 49.1 Å². The average Bonchev–Trinajstić information content (AvgIpc) is 0.778. The van der Waals surface area contributed by atoms with Gasteiger partial charge >= 0.3 is 71.9 Å². The number of alkyl halides is 3. The minimum atomic E-state index is -4.79. The number of carbonyl (C=O) groups excluding carboxylic acids is 7. The number of hydrogen-bond donors (Lipinski definition) is 3. The summed E-state index contributed by atoms with van der Waals surface area (Å²) < 4.78 is 115. The molecule has 4 rings (SSSR count). The Bertz CT molecular complexity index is 2980. The topological polar surface area (TPSA) is 303 Å². The van der Waals surface area contributed by atoms with E-state index < -0.39 is 180 Å². The number of carbonyl (C=O) groups is 7. The molecule has 32 heteroatoms. The Morgan fingerprint density at radius 2 is 1.04 bits per heavy atom. The van der Waals surface area contributed by atoms with Gasteiger partial charge in [0.1, 0.15) is 42.7 Å². The molecule has 2 saturated heterocycles. The van der Waals surface area contributed by atoms with Crippen molar-refractivity contribution in [2.75, 3.05) is 41.5 Å². The summed E-state index contributed by atoms with van der Waals surface area (Å²) in [6.45, 7) is 48.1. The molecule has 0 amide bonds. The van der Waals surface area contributed by atoms with Gasteiger partial charge < -0.3 is 80.9 Å². The van der Waals surface area contributed by atoms with E-state index in [1.807, 2.05) is 94.0 Å². The van der Waals surface area contributed by atoms with Gasteiger partial charge in [0.2, 0.25) is 0 Å². The normalized spacial score (nSPS) is 36.8. The number of likely N-dealkylation sites (N-methyl/N-ethyl adjacent to an activating group) is 1. The van der Waals surface area contributed by atoms with Gasteiger partial charge in [0.25, 0.3) is 0 Å². The number of rotatable bonds is 20. The molecule has 24 atom stereocenters. The van der Waals surface area contributed by atoms with E-state index in [1.165, 1.54) is 40.9 Å². The maximum atomic E-state index is 14.7. The van der Waals surface area contributed by atoms with Gasteiger partial charge in [-0.15, -0.1) is 0 Å². The van der Waals surface area contributed by atoms with Gasteiger partial charge in [0, 0.05) is 68.9 Å². The summed E-state index contributed by atoms with van der Waals surface area (Å²) in [6, 6.07) is -0.265. The van der Waals surface area contributed by atoms with Crippen LogP contribution in [0, 0.1) is 41.4 Å². The first-order chi connectivity index (χ1) is 48.2. The van der Waals surface area contributed by atoms with Crippen molar-refractivity contribution in [1.82, 2.24) is 4.90 Å². The third-order valence-electron chi connectivity index (χ3n) is 19.8. The Morgan fingerprint density at radius 3 is 1.44 bits per heavy atom. The van der Waals surface area contributed by atoms with E-state index in [0.29, 0.717) is 12.8 Å². The van der Waals surface area contributed by atoms with Gasteiger partial charge in [-0.2, -0.15) is 0 Å². The first-order valence-electron chi connectivity index (χ1n) is 37.0. The predicted octanol–water partition coefficient (Wildman–Crippen LogP) is 11.2. The van der Waals surface area contributed by atoms with E-state index >= 15 is 0 Å². The predicted molar refractivity (Wildman–Crippen MR) is 405 cm³/mol. The third-order valence-corrected chi connectivity index (χ3v) is 23.0. The molecular formula is C74H131BF3NO23SSi3. The van der Waals surface area contributed by atoms with Crippen LogP contribution in [-0.2, 0) is 94.2 Å². The van der Waals surface area contributed by atoms with Crippen LogP contribution in [0.25, 0.3) is 0 Å². The molecule has 0 saturated carbocycles. The van der Waals surface area contributed by atoms with Gasteiger partial charge in [-0.25, -0.2) is 0 Å². The van der Waals surface area contributed by atoms with Gasteiger partial charge in [-0.3, -0.25) is 28.8 Å². The van der Waals surface area contributed by atoms with Crippen molar-refractivity contribution in [3.63, 3.8) is 0 Å². The molecule has 2 fully saturated rings. The Morgan fingerprint density at radius 1 is 0.623 bits per heavy atom. The van der Waals surface area contributed by atoms with E-state index in [0.717, 1.165) is 6.42 Å². The van der Waals surface area contributed by atoms with Gasteiger partial charge in [0.05, 0.1) is 65.8 Å². The molecule has 0 aromatic carbocycles. The summed E-state index contributed by atoms with van der Waals surface area (Å²) >= 11 is 3.73. The summed E-state index contributed by atoms with van der Waals surface area (Å²) in [5.41, 5.74) is -7.00. The molecule has 0 aromatic rings. The van der Waals surface area contributed by atoms with Crippen LogP contribution in [-0.4, -0.2) is 242 Å². The van der Waals surface area contributed by atoms with Crippen molar-refractivity contribution in [1.29, 1.82) is 0 Å². The van der Waals surface area contributed by atoms with Crippen molar-refractivity contribution in [3.8, 4) is 0 Å². The van der Waals surface area contributed by atoms with E-state index in [9.17, 15) is 62.1 Å². The Kier molecular flexibility index (Phi) is 38.0. The number of methoxy groups -OCH3 is 2. The monoisotopic (exact) mass is 1590 g/mol. The molecule has 0 spiro atoms. The molecule has 0 aliphatic carbocycles. The Hall–Kier alpha value is -3.42. The van der Waals surface area contributed by atoms with Crippen molar-refractivity contribution < 1.29 is 123 Å². The second-order valence-corrected chi connectivity index (χ2v) is 47.1. The van der Waals surface area contributed by atoms with E-state index in [-0.39, 0.29) is 85.8 Å². The minimum absolute atomic E-state index is 0.0370. The van der Waals surface area contributed by atoms with Crippen LogP contribution >= 0.6 is 12.1 Å². The molecule has 4 aliphatic rings. The number of aliphatic hydroxyl groups excluding tert-OH is 2. The molecule has 612 valence electrons. The number of aliphatic hydroxyl groups is 3. The summed E-state index contributed by atoms with van der Waals surface area (Å²) in [5, 5.41) is 34.2. The number of esters is 4. The number of ether oxygens (including phenoxy) is 10. The number of ketones is 2. The average molecular weight is 1590 g/mol. The zero-order valence-electron chi connectivity index (χ0n) is 68.9.